The number of ether oxygens (including phenoxy) is 2. The molecule has 0 radical (unpaired) electrons. The molecular formula is C22H20O4. The number of fused-ring (bicyclic) bond motifs is 2. The van der Waals surface area contributed by atoms with Gasteiger partial charge >= 0.3 is 0 Å². The van der Waals surface area contributed by atoms with Crippen LogP contribution in [0.4, 0.5) is 0 Å². The smallest absolute Gasteiger partial charge is 0.172 e. The van der Waals surface area contributed by atoms with Crippen LogP contribution in [0.1, 0.15) is 25.0 Å². The molecule has 3 aliphatic rings. The summed E-state index contributed by atoms with van der Waals surface area (Å²) in [6, 6.07) is 17.6. The van der Waals surface area contributed by atoms with E-state index in [0.717, 1.165) is 16.9 Å². The summed E-state index contributed by atoms with van der Waals surface area (Å²) in [5, 5.41) is 0. The minimum atomic E-state index is -0.948. The van der Waals surface area contributed by atoms with Gasteiger partial charge in [-0.15, -0.1) is 0 Å². The first kappa shape index (κ1) is 15.8. The molecule has 1 heterocycles. The van der Waals surface area contributed by atoms with Gasteiger partial charge in [0.2, 0.25) is 0 Å². The second-order valence-corrected chi connectivity index (χ2v) is 7.87. The highest BCUT2D eigenvalue weighted by Gasteiger charge is 2.90. The Morgan fingerprint density at radius 1 is 0.923 bits per heavy atom. The molecular weight excluding hydrogens is 328 g/mol. The number of epoxide rings is 1. The number of carbonyl (C=O) groups is 2. The fraction of sp³-hybridized carbons (Fsp3) is 0.364. The van der Waals surface area contributed by atoms with Crippen LogP contribution < -0.4 is 4.74 Å². The summed E-state index contributed by atoms with van der Waals surface area (Å²) in [7, 11) is 1.62. The zero-order valence-corrected chi connectivity index (χ0v) is 15.0. The molecule has 1 saturated heterocycles. The van der Waals surface area contributed by atoms with Gasteiger partial charge < -0.3 is 9.47 Å². The topological polar surface area (TPSA) is 55.9 Å². The molecule has 0 aromatic heterocycles. The molecule has 2 unspecified atom stereocenters. The van der Waals surface area contributed by atoms with Crippen molar-refractivity contribution in [3.05, 3.63) is 65.7 Å². The molecule has 0 N–H and O–H groups in total. The predicted molar refractivity (Wildman–Crippen MR) is 95.1 cm³/mol. The van der Waals surface area contributed by atoms with Crippen molar-refractivity contribution in [2.75, 3.05) is 7.11 Å². The quantitative estimate of drug-likeness (QED) is 0.801. The van der Waals surface area contributed by atoms with Crippen molar-refractivity contribution in [3.8, 4) is 5.75 Å². The molecule has 4 nitrogen and oxygen atoms in total. The van der Waals surface area contributed by atoms with Crippen LogP contribution in [0.3, 0.4) is 0 Å². The molecule has 0 bridgehead atoms. The predicted octanol–water partition coefficient (Wildman–Crippen LogP) is 2.93. The van der Waals surface area contributed by atoms with Crippen LogP contribution in [-0.4, -0.2) is 30.4 Å². The Morgan fingerprint density at radius 3 is 2.31 bits per heavy atom. The summed E-state index contributed by atoms with van der Waals surface area (Å²) in [4.78, 5) is 26.6. The molecule has 3 fully saturated rings. The van der Waals surface area contributed by atoms with Gasteiger partial charge in [-0.1, -0.05) is 49.4 Å². The fourth-order valence-corrected chi connectivity index (χ4v) is 5.34. The van der Waals surface area contributed by atoms with Gasteiger partial charge in [0.15, 0.2) is 23.3 Å². The summed E-state index contributed by atoms with van der Waals surface area (Å²) in [6.45, 7) is 3.67. The van der Waals surface area contributed by atoms with Gasteiger partial charge in [0, 0.05) is 11.3 Å². The molecule has 4 heteroatoms. The highest BCUT2D eigenvalue weighted by molar-refractivity contribution is 6.17. The van der Waals surface area contributed by atoms with Crippen molar-refractivity contribution in [1.29, 1.82) is 0 Å². The summed E-state index contributed by atoms with van der Waals surface area (Å²) in [5.41, 5.74) is -0.471. The number of Topliss-reactive ketones (excluding diaryl/α,β-unsaturated/α-hetero) is 2. The van der Waals surface area contributed by atoms with Crippen molar-refractivity contribution >= 4 is 11.6 Å². The minimum Gasteiger partial charge on any atom is -0.497 e. The van der Waals surface area contributed by atoms with E-state index in [9.17, 15) is 9.59 Å². The third kappa shape index (κ3) is 1.51. The monoisotopic (exact) mass is 348 g/mol. The average Bonchev–Trinajstić information content (AvgIpc) is 3.53. The van der Waals surface area contributed by atoms with Crippen LogP contribution in [0.25, 0.3) is 0 Å². The van der Waals surface area contributed by atoms with Crippen LogP contribution in [0.5, 0.6) is 5.75 Å². The largest absolute Gasteiger partial charge is 0.497 e. The van der Waals surface area contributed by atoms with Crippen LogP contribution in [-0.2, 0) is 19.7 Å². The third-order valence-electron chi connectivity index (χ3n) is 6.81. The highest BCUT2D eigenvalue weighted by Crippen LogP contribution is 2.78. The SMILES string of the molecule is COc1cccc([C@]2(c3ccccc3)[C@@H]3C(=O)C4(C)OC4C(=O)[C@]32C)c1. The van der Waals surface area contributed by atoms with Gasteiger partial charge in [-0.25, -0.2) is 0 Å². The van der Waals surface area contributed by atoms with E-state index in [1.807, 2.05) is 61.5 Å². The number of carbonyl (C=O) groups excluding carboxylic acids is 2. The molecule has 2 aliphatic carbocycles. The van der Waals surface area contributed by atoms with Crippen LogP contribution in [0.2, 0.25) is 0 Å². The number of methoxy groups -OCH3 is 1. The van der Waals surface area contributed by atoms with E-state index >= 15 is 0 Å². The average molecular weight is 348 g/mol. The van der Waals surface area contributed by atoms with Crippen LogP contribution in [0, 0.1) is 11.3 Å². The van der Waals surface area contributed by atoms with Crippen LogP contribution >= 0.6 is 0 Å². The third-order valence-corrected chi connectivity index (χ3v) is 6.81. The summed E-state index contributed by atoms with van der Waals surface area (Å²) in [6.07, 6.45) is -0.604. The minimum absolute atomic E-state index is 0.0382. The van der Waals surface area contributed by atoms with E-state index in [2.05, 4.69) is 0 Å². The molecule has 0 amide bonds. The van der Waals surface area contributed by atoms with Gasteiger partial charge in [-0.2, -0.15) is 0 Å². The summed E-state index contributed by atoms with van der Waals surface area (Å²) >= 11 is 0. The molecule has 5 rings (SSSR count). The van der Waals surface area contributed by atoms with Crippen molar-refractivity contribution < 1.29 is 19.1 Å². The zero-order valence-electron chi connectivity index (χ0n) is 15.0. The maximum atomic E-state index is 13.3. The summed E-state index contributed by atoms with van der Waals surface area (Å²) in [5.74, 6) is 0.380. The van der Waals surface area contributed by atoms with Gasteiger partial charge in [0.05, 0.1) is 12.5 Å². The molecule has 132 valence electrons. The van der Waals surface area contributed by atoms with Gasteiger partial charge in [-0.3, -0.25) is 9.59 Å². The first-order chi connectivity index (χ1) is 12.4. The Balaban J connectivity index is 1.78. The Kier molecular flexibility index (Phi) is 2.81. The van der Waals surface area contributed by atoms with Gasteiger partial charge in [0.25, 0.3) is 0 Å². The fourth-order valence-electron chi connectivity index (χ4n) is 5.34. The Labute approximate surface area is 152 Å². The lowest BCUT2D eigenvalue weighted by molar-refractivity contribution is -0.132. The lowest BCUT2D eigenvalue weighted by atomic mass is 9.78. The van der Waals surface area contributed by atoms with E-state index in [-0.39, 0.29) is 11.6 Å². The first-order valence-electron chi connectivity index (χ1n) is 8.89. The van der Waals surface area contributed by atoms with E-state index < -0.39 is 28.5 Å². The molecule has 1 aliphatic heterocycles. The van der Waals surface area contributed by atoms with Gasteiger partial charge in [0.1, 0.15) is 5.75 Å². The van der Waals surface area contributed by atoms with E-state index in [1.165, 1.54) is 0 Å². The second kappa shape index (κ2) is 4.63. The molecule has 2 aromatic rings. The van der Waals surface area contributed by atoms with E-state index in [1.54, 1.807) is 14.0 Å². The lowest BCUT2D eigenvalue weighted by Crippen LogP contribution is -2.39. The molecule has 0 spiro atoms. The zero-order chi connectivity index (χ0) is 18.3. The molecule has 5 atom stereocenters. The highest BCUT2D eigenvalue weighted by atomic mass is 16.6. The number of hydrogen-bond donors (Lipinski definition) is 0. The maximum absolute atomic E-state index is 13.3. The van der Waals surface area contributed by atoms with Crippen molar-refractivity contribution in [3.63, 3.8) is 0 Å². The first-order valence-corrected chi connectivity index (χ1v) is 8.89. The van der Waals surface area contributed by atoms with Crippen LogP contribution in [0.15, 0.2) is 54.6 Å². The van der Waals surface area contributed by atoms with E-state index in [4.69, 9.17) is 9.47 Å². The van der Waals surface area contributed by atoms with Gasteiger partial charge in [-0.05, 0) is 30.2 Å². The molecule has 2 aromatic carbocycles. The molecule has 2 saturated carbocycles. The number of benzene rings is 2. The number of rotatable bonds is 3. The van der Waals surface area contributed by atoms with E-state index in [0.29, 0.717) is 0 Å². The summed E-state index contributed by atoms with van der Waals surface area (Å²) < 4.78 is 11.0. The Hall–Kier alpha value is -2.46. The normalized spacial score (nSPS) is 39.8. The van der Waals surface area contributed by atoms with Crippen molar-refractivity contribution in [2.45, 2.75) is 31.0 Å². The number of hydrogen-bond acceptors (Lipinski definition) is 4. The Bertz CT molecular complexity index is 950. The number of ketones is 2. The standard InChI is InChI=1S/C22H20O4/c1-20-16(17(23)21(2)19(26-21)18(20)24)22(20,13-8-5-4-6-9-13)14-10-7-11-15(12-14)25-3/h4-12,16,19H,1-3H3/t16-,19?,20+,21?,22-/m1/s1. The Morgan fingerprint density at radius 2 is 1.62 bits per heavy atom. The molecule has 26 heavy (non-hydrogen) atoms. The van der Waals surface area contributed by atoms with Crippen molar-refractivity contribution in [1.82, 2.24) is 0 Å². The maximum Gasteiger partial charge on any atom is 0.172 e. The lowest BCUT2D eigenvalue weighted by Gasteiger charge is -2.23. The van der Waals surface area contributed by atoms with Crippen molar-refractivity contribution in [2.24, 2.45) is 11.3 Å². The second-order valence-electron chi connectivity index (χ2n) is 7.87.